The van der Waals surface area contributed by atoms with Gasteiger partial charge in [-0.25, -0.2) is 0 Å². The molecule has 0 aliphatic rings. The molecule has 0 aliphatic heterocycles. The van der Waals surface area contributed by atoms with Crippen LogP contribution in [0.25, 0.3) is 0 Å². The van der Waals surface area contributed by atoms with Gasteiger partial charge >= 0.3 is 0 Å². The Kier molecular flexibility index (Phi) is 5.30. The Morgan fingerprint density at radius 3 is 2.44 bits per heavy atom. The number of hydrazine groups is 1. The van der Waals surface area contributed by atoms with Crippen molar-refractivity contribution in [3.8, 4) is 0 Å². The van der Waals surface area contributed by atoms with E-state index in [0.29, 0.717) is 17.8 Å². The zero-order valence-electron chi connectivity index (χ0n) is 13.9. The van der Waals surface area contributed by atoms with E-state index in [1.54, 1.807) is 29.5 Å². The van der Waals surface area contributed by atoms with Gasteiger partial charge in [-0.3, -0.25) is 20.4 Å². The van der Waals surface area contributed by atoms with E-state index in [1.807, 2.05) is 46.5 Å². The van der Waals surface area contributed by atoms with Crippen LogP contribution in [0.2, 0.25) is 0 Å². The molecule has 0 saturated carbocycles. The minimum Gasteiger partial charge on any atom is -0.338 e. The summed E-state index contributed by atoms with van der Waals surface area (Å²) in [5.41, 5.74) is 7.10. The van der Waals surface area contributed by atoms with Gasteiger partial charge in [0.15, 0.2) is 0 Å². The second-order valence-electron chi connectivity index (χ2n) is 5.56. The van der Waals surface area contributed by atoms with Crippen LogP contribution in [0.5, 0.6) is 0 Å². The molecule has 0 bridgehead atoms. The predicted molar refractivity (Wildman–Crippen MR) is 98.6 cm³/mol. The average molecular weight is 353 g/mol. The van der Waals surface area contributed by atoms with Gasteiger partial charge in [-0.1, -0.05) is 25.1 Å². The van der Waals surface area contributed by atoms with E-state index in [0.717, 1.165) is 16.9 Å². The first-order valence-corrected chi connectivity index (χ1v) is 8.92. The third-order valence-corrected chi connectivity index (χ3v) is 4.74. The molecular weight excluding hydrogens is 334 g/mol. The van der Waals surface area contributed by atoms with Crippen LogP contribution in [0.15, 0.2) is 60.1 Å². The van der Waals surface area contributed by atoms with Crippen molar-refractivity contribution < 1.29 is 9.59 Å². The number of hydrogen-bond donors (Lipinski definition) is 2. The maximum absolute atomic E-state index is 12.3. The minimum atomic E-state index is -0.347. The summed E-state index contributed by atoms with van der Waals surface area (Å²) in [6, 6.07) is 14.9. The van der Waals surface area contributed by atoms with Gasteiger partial charge in [0.2, 0.25) is 0 Å². The minimum absolute atomic E-state index is 0.340. The van der Waals surface area contributed by atoms with Crippen LogP contribution in [0.3, 0.4) is 0 Å². The topological polar surface area (TPSA) is 63.1 Å². The van der Waals surface area contributed by atoms with E-state index >= 15 is 0 Å². The molecule has 128 valence electrons. The molecule has 6 heteroatoms. The van der Waals surface area contributed by atoms with Crippen molar-refractivity contribution >= 4 is 23.2 Å². The standard InChI is InChI=1S/C19H19N3O2S/c1-2-14-7-9-15(10-8-14)18(23)20-21-19(24)17-6-3-11-22(17)13-16-5-4-12-25-16/h3-12H,2,13H2,1H3,(H,20,23)(H,21,24). The summed E-state index contributed by atoms with van der Waals surface area (Å²) in [4.78, 5) is 25.6. The zero-order chi connectivity index (χ0) is 17.6. The maximum Gasteiger partial charge on any atom is 0.286 e. The van der Waals surface area contributed by atoms with E-state index in [4.69, 9.17) is 0 Å². The lowest BCUT2D eigenvalue weighted by molar-refractivity contribution is 0.0841. The number of rotatable bonds is 5. The summed E-state index contributed by atoms with van der Waals surface area (Å²) >= 11 is 1.64. The number of carbonyl (C=O) groups is 2. The van der Waals surface area contributed by atoms with Gasteiger partial charge in [-0.05, 0) is 47.7 Å². The Balaban J connectivity index is 1.61. The summed E-state index contributed by atoms with van der Waals surface area (Å²) in [6.07, 6.45) is 2.76. The molecule has 0 fully saturated rings. The summed E-state index contributed by atoms with van der Waals surface area (Å²) < 4.78 is 1.85. The molecule has 2 heterocycles. The number of thiophene rings is 1. The van der Waals surface area contributed by atoms with Gasteiger partial charge < -0.3 is 4.57 Å². The Bertz CT molecular complexity index is 851. The number of nitrogens with one attached hydrogen (secondary N) is 2. The van der Waals surface area contributed by atoms with Crippen LogP contribution in [0, 0.1) is 0 Å². The number of hydrogen-bond acceptors (Lipinski definition) is 3. The first kappa shape index (κ1) is 17.0. The molecule has 25 heavy (non-hydrogen) atoms. The number of carbonyl (C=O) groups excluding carboxylic acids is 2. The summed E-state index contributed by atoms with van der Waals surface area (Å²) in [6.45, 7) is 2.68. The van der Waals surface area contributed by atoms with Gasteiger partial charge in [-0.15, -0.1) is 11.3 Å². The molecule has 1 aromatic carbocycles. The van der Waals surface area contributed by atoms with Crippen LogP contribution in [-0.2, 0) is 13.0 Å². The Morgan fingerprint density at radius 2 is 1.76 bits per heavy atom. The average Bonchev–Trinajstić information content (AvgIpc) is 3.32. The Hall–Kier alpha value is -2.86. The number of benzene rings is 1. The molecule has 0 spiro atoms. The highest BCUT2D eigenvalue weighted by molar-refractivity contribution is 7.09. The molecule has 2 amide bonds. The van der Waals surface area contributed by atoms with Gasteiger partial charge in [0, 0.05) is 16.6 Å². The lowest BCUT2D eigenvalue weighted by Crippen LogP contribution is -2.42. The maximum atomic E-state index is 12.3. The second-order valence-corrected chi connectivity index (χ2v) is 6.59. The molecule has 0 atom stereocenters. The number of aromatic nitrogens is 1. The quantitative estimate of drug-likeness (QED) is 0.692. The van der Waals surface area contributed by atoms with Gasteiger partial charge in [0.05, 0.1) is 6.54 Å². The third kappa shape index (κ3) is 4.16. The van der Waals surface area contributed by atoms with Crippen LogP contribution in [0.1, 0.15) is 38.2 Å². The highest BCUT2D eigenvalue weighted by Crippen LogP contribution is 2.13. The van der Waals surface area contributed by atoms with Crippen molar-refractivity contribution in [3.05, 3.63) is 81.8 Å². The molecular formula is C19H19N3O2S. The number of nitrogens with zero attached hydrogens (tertiary/aromatic N) is 1. The van der Waals surface area contributed by atoms with E-state index in [1.165, 1.54) is 0 Å². The van der Waals surface area contributed by atoms with Crippen molar-refractivity contribution in [2.45, 2.75) is 19.9 Å². The van der Waals surface area contributed by atoms with Gasteiger partial charge in [0.1, 0.15) is 5.69 Å². The Labute approximate surface area is 150 Å². The predicted octanol–water partition coefficient (Wildman–Crippen LogP) is 3.24. The first-order valence-electron chi connectivity index (χ1n) is 8.04. The van der Waals surface area contributed by atoms with E-state index in [9.17, 15) is 9.59 Å². The molecule has 0 aliphatic carbocycles. The van der Waals surface area contributed by atoms with Crippen molar-refractivity contribution in [2.24, 2.45) is 0 Å². The molecule has 5 nitrogen and oxygen atoms in total. The molecule has 0 radical (unpaired) electrons. The Morgan fingerprint density at radius 1 is 1.00 bits per heavy atom. The van der Waals surface area contributed by atoms with Crippen LogP contribution in [-0.4, -0.2) is 16.4 Å². The van der Waals surface area contributed by atoms with Crippen molar-refractivity contribution in [1.29, 1.82) is 0 Å². The van der Waals surface area contributed by atoms with Gasteiger partial charge in [-0.2, -0.15) is 0 Å². The highest BCUT2D eigenvalue weighted by Gasteiger charge is 2.13. The van der Waals surface area contributed by atoms with Crippen LogP contribution >= 0.6 is 11.3 Å². The van der Waals surface area contributed by atoms with E-state index < -0.39 is 0 Å². The molecule has 0 unspecified atom stereocenters. The summed E-state index contributed by atoms with van der Waals surface area (Å²) in [5, 5.41) is 2.00. The number of amides is 2. The van der Waals surface area contributed by atoms with E-state index in [-0.39, 0.29) is 11.8 Å². The lowest BCUT2D eigenvalue weighted by Gasteiger charge is -2.10. The van der Waals surface area contributed by atoms with Crippen molar-refractivity contribution in [2.75, 3.05) is 0 Å². The van der Waals surface area contributed by atoms with Gasteiger partial charge in [0.25, 0.3) is 11.8 Å². The van der Waals surface area contributed by atoms with Crippen molar-refractivity contribution in [3.63, 3.8) is 0 Å². The lowest BCUT2D eigenvalue weighted by atomic mass is 10.1. The fourth-order valence-electron chi connectivity index (χ4n) is 2.47. The molecule has 2 N–H and O–H groups in total. The largest absolute Gasteiger partial charge is 0.338 e. The SMILES string of the molecule is CCc1ccc(C(=O)NNC(=O)c2cccn2Cc2cccs2)cc1. The van der Waals surface area contributed by atoms with Crippen LogP contribution < -0.4 is 10.9 Å². The smallest absolute Gasteiger partial charge is 0.286 e. The summed E-state index contributed by atoms with van der Waals surface area (Å²) in [7, 11) is 0. The first-order chi connectivity index (χ1) is 12.2. The normalized spacial score (nSPS) is 10.4. The third-order valence-electron chi connectivity index (χ3n) is 3.88. The van der Waals surface area contributed by atoms with E-state index in [2.05, 4.69) is 17.8 Å². The summed E-state index contributed by atoms with van der Waals surface area (Å²) in [5.74, 6) is -0.688. The zero-order valence-corrected chi connectivity index (χ0v) is 14.7. The molecule has 3 aromatic rings. The highest BCUT2D eigenvalue weighted by atomic mass is 32.1. The van der Waals surface area contributed by atoms with Crippen molar-refractivity contribution in [1.82, 2.24) is 15.4 Å². The fraction of sp³-hybridized carbons (Fsp3) is 0.158. The van der Waals surface area contributed by atoms with Crippen LogP contribution in [0.4, 0.5) is 0 Å². The molecule has 3 rings (SSSR count). The number of aryl methyl sites for hydroxylation is 1. The molecule has 0 saturated heterocycles. The fourth-order valence-corrected chi connectivity index (χ4v) is 3.17. The molecule has 2 aromatic heterocycles. The second kappa shape index (κ2) is 7.81. The monoisotopic (exact) mass is 353 g/mol.